The van der Waals surface area contributed by atoms with Crippen LogP contribution < -0.4 is 4.74 Å². The third kappa shape index (κ3) is 4.20. The van der Waals surface area contributed by atoms with Crippen molar-refractivity contribution in [3.05, 3.63) is 108 Å². The van der Waals surface area contributed by atoms with Crippen LogP contribution in [-0.2, 0) is 5.41 Å². The average Bonchev–Trinajstić information content (AvgIpc) is 3.26. The molecule has 0 amide bonds. The van der Waals surface area contributed by atoms with Crippen molar-refractivity contribution in [3.63, 3.8) is 0 Å². The van der Waals surface area contributed by atoms with Gasteiger partial charge in [0, 0.05) is 40.4 Å². The topological polar surface area (TPSA) is 39.4 Å². The molecule has 0 saturated heterocycles. The Labute approximate surface area is 225 Å². The molecule has 4 nitrogen and oxygen atoms in total. The van der Waals surface area contributed by atoms with Crippen LogP contribution in [0.15, 0.2) is 96.8 Å². The summed E-state index contributed by atoms with van der Waals surface area (Å²) in [6.45, 7) is 14.7. The summed E-state index contributed by atoms with van der Waals surface area (Å²) in [6, 6.07) is 25.2. The van der Waals surface area contributed by atoms with Gasteiger partial charge in [0.05, 0.1) is 11.2 Å². The highest BCUT2D eigenvalue weighted by Crippen LogP contribution is 2.47. The molecule has 3 heterocycles. The predicted octanol–water partition coefficient (Wildman–Crippen LogP) is 9.37. The maximum atomic E-state index is 6.38. The summed E-state index contributed by atoms with van der Waals surface area (Å²) in [7, 11) is 0. The van der Waals surface area contributed by atoms with E-state index in [4.69, 9.17) is 9.72 Å². The zero-order valence-corrected chi connectivity index (χ0v) is 23.0. The number of para-hydroxylation sites is 1. The minimum Gasteiger partial charge on any atom is -0.457 e. The fourth-order valence-electron chi connectivity index (χ4n) is 5.42. The minimum absolute atomic E-state index is 0.144. The number of ether oxygens (including phenoxy) is 1. The number of pyridine rings is 1. The summed E-state index contributed by atoms with van der Waals surface area (Å²) < 4.78 is 8.69. The summed E-state index contributed by atoms with van der Waals surface area (Å²) in [6.07, 6.45) is 5.53. The molecule has 0 unspecified atom stereocenters. The van der Waals surface area contributed by atoms with Crippen LogP contribution in [0.1, 0.15) is 64.2 Å². The van der Waals surface area contributed by atoms with E-state index in [9.17, 15) is 0 Å². The molecule has 38 heavy (non-hydrogen) atoms. The normalized spacial score (nSPS) is 13.6. The Morgan fingerprint density at radius 1 is 0.921 bits per heavy atom. The maximum absolute atomic E-state index is 6.38. The van der Waals surface area contributed by atoms with Crippen LogP contribution in [0.3, 0.4) is 0 Å². The lowest BCUT2D eigenvalue weighted by molar-refractivity contribution is 0.481. The lowest BCUT2D eigenvalue weighted by Gasteiger charge is -2.34. The van der Waals surface area contributed by atoms with Gasteiger partial charge in [-0.2, -0.15) is 0 Å². The molecule has 4 heteroatoms. The van der Waals surface area contributed by atoms with Gasteiger partial charge in [-0.3, -0.25) is 9.56 Å². The quantitative estimate of drug-likeness (QED) is 0.225. The van der Waals surface area contributed by atoms with Gasteiger partial charge < -0.3 is 4.74 Å². The Bertz CT molecular complexity index is 1670. The highest BCUT2D eigenvalue weighted by Gasteiger charge is 2.35. The smallest absolute Gasteiger partial charge is 0.145 e. The lowest BCUT2D eigenvalue weighted by atomic mass is 9.74. The zero-order valence-electron chi connectivity index (χ0n) is 23.0. The van der Waals surface area contributed by atoms with Gasteiger partial charge in [0.15, 0.2) is 0 Å². The van der Waals surface area contributed by atoms with Gasteiger partial charge in [-0.05, 0) is 53.4 Å². The molecular formula is C34H35N3O. The second-order valence-corrected chi connectivity index (χ2v) is 10.2. The van der Waals surface area contributed by atoms with E-state index in [-0.39, 0.29) is 5.41 Å². The molecule has 0 radical (unpaired) electrons. The summed E-state index contributed by atoms with van der Waals surface area (Å²) >= 11 is 0. The van der Waals surface area contributed by atoms with E-state index < -0.39 is 0 Å². The number of benzene rings is 3. The molecule has 6 rings (SSSR count). The SMILES string of the molecule is C=CN=C(CC)c1cccc(Oc2ccc3c(c2)-n2c4ncccc4c4cccc(c42)C3(C)C)c1.CCC. The molecule has 0 atom stereocenters. The van der Waals surface area contributed by atoms with Crippen LogP contribution in [-0.4, -0.2) is 15.3 Å². The Balaban J connectivity index is 0.000000937. The fourth-order valence-corrected chi connectivity index (χ4v) is 5.42. The van der Waals surface area contributed by atoms with Crippen LogP contribution >= 0.6 is 0 Å². The van der Waals surface area contributed by atoms with Crippen LogP contribution in [0.2, 0.25) is 0 Å². The number of hydrogen-bond donors (Lipinski definition) is 0. The van der Waals surface area contributed by atoms with E-state index in [0.717, 1.165) is 40.5 Å². The van der Waals surface area contributed by atoms with E-state index in [1.165, 1.54) is 33.8 Å². The average molecular weight is 502 g/mol. The summed E-state index contributed by atoms with van der Waals surface area (Å²) in [5.41, 5.74) is 7.77. The monoisotopic (exact) mass is 501 g/mol. The summed E-state index contributed by atoms with van der Waals surface area (Å²) in [5, 5.41) is 2.40. The first-order valence-electron chi connectivity index (χ1n) is 13.4. The first-order valence-corrected chi connectivity index (χ1v) is 13.4. The number of aliphatic imine (C=N–C) groups is 1. The third-order valence-corrected chi connectivity index (χ3v) is 7.09. The Morgan fingerprint density at radius 2 is 1.66 bits per heavy atom. The summed E-state index contributed by atoms with van der Waals surface area (Å²) in [4.78, 5) is 9.20. The zero-order chi connectivity index (χ0) is 26.9. The highest BCUT2D eigenvalue weighted by molar-refractivity contribution is 6.10. The maximum Gasteiger partial charge on any atom is 0.145 e. The van der Waals surface area contributed by atoms with Gasteiger partial charge in [0.25, 0.3) is 0 Å². The minimum atomic E-state index is -0.144. The first-order chi connectivity index (χ1) is 18.4. The summed E-state index contributed by atoms with van der Waals surface area (Å²) in [5.74, 6) is 1.57. The van der Waals surface area contributed by atoms with Crippen molar-refractivity contribution in [1.29, 1.82) is 0 Å². The van der Waals surface area contributed by atoms with Gasteiger partial charge in [0.2, 0.25) is 0 Å². The second kappa shape index (κ2) is 10.3. The van der Waals surface area contributed by atoms with Crippen molar-refractivity contribution in [2.24, 2.45) is 4.99 Å². The molecule has 0 N–H and O–H groups in total. The van der Waals surface area contributed by atoms with E-state index in [1.807, 2.05) is 30.5 Å². The molecule has 0 bridgehead atoms. The predicted molar refractivity (Wildman–Crippen MR) is 160 cm³/mol. The van der Waals surface area contributed by atoms with Crippen LogP contribution in [0.25, 0.3) is 27.6 Å². The van der Waals surface area contributed by atoms with Crippen molar-refractivity contribution < 1.29 is 4.74 Å². The van der Waals surface area contributed by atoms with Crippen molar-refractivity contribution in [1.82, 2.24) is 9.55 Å². The molecule has 3 aromatic carbocycles. The van der Waals surface area contributed by atoms with E-state index in [2.05, 4.69) is 99.3 Å². The lowest BCUT2D eigenvalue weighted by Crippen LogP contribution is -2.26. The third-order valence-electron chi connectivity index (χ3n) is 7.09. The van der Waals surface area contributed by atoms with Gasteiger partial charge in [-0.25, -0.2) is 4.98 Å². The largest absolute Gasteiger partial charge is 0.457 e. The van der Waals surface area contributed by atoms with Gasteiger partial charge in [-0.1, -0.05) is 84.0 Å². The highest BCUT2D eigenvalue weighted by atomic mass is 16.5. The first kappa shape index (κ1) is 25.5. The molecule has 0 fully saturated rings. The molecule has 0 aliphatic carbocycles. The number of aromatic nitrogens is 2. The van der Waals surface area contributed by atoms with Crippen molar-refractivity contribution in [2.75, 3.05) is 0 Å². The van der Waals surface area contributed by atoms with Crippen molar-refractivity contribution in [3.8, 4) is 17.2 Å². The molecule has 0 saturated carbocycles. The van der Waals surface area contributed by atoms with Crippen LogP contribution in [0.5, 0.6) is 11.5 Å². The Hall–Kier alpha value is -4.18. The van der Waals surface area contributed by atoms with Gasteiger partial charge in [0.1, 0.15) is 17.1 Å². The number of rotatable bonds is 5. The van der Waals surface area contributed by atoms with Gasteiger partial charge in [-0.15, -0.1) is 0 Å². The van der Waals surface area contributed by atoms with E-state index in [1.54, 1.807) is 6.20 Å². The number of hydrogen-bond acceptors (Lipinski definition) is 3. The fraction of sp³-hybridized carbons (Fsp3) is 0.235. The standard InChI is InChI=1S/C31H27N3O.C3H8/c1-5-27(32-6-2)20-10-7-11-21(18-20)35-22-15-16-25-28(19-22)34-29-23(24-13-9-17-33-30(24)34)12-8-14-26(29)31(25,3)4;1-3-2/h6-19H,2,5H2,1,3-4H3;3H2,1-2H3. The van der Waals surface area contributed by atoms with Crippen LogP contribution in [0.4, 0.5) is 0 Å². The Kier molecular flexibility index (Phi) is 6.90. The van der Waals surface area contributed by atoms with Crippen molar-refractivity contribution >= 4 is 27.6 Å². The number of fused-ring (bicyclic) bond motifs is 5. The number of nitrogens with zero attached hydrogens (tertiary/aromatic N) is 3. The molecular weight excluding hydrogens is 466 g/mol. The van der Waals surface area contributed by atoms with Crippen LogP contribution in [0, 0.1) is 0 Å². The van der Waals surface area contributed by atoms with E-state index >= 15 is 0 Å². The van der Waals surface area contributed by atoms with Crippen molar-refractivity contribution in [2.45, 2.75) is 52.9 Å². The molecule has 0 spiro atoms. The molecule has 5 aromatic rings. The molecule has 2 aromatic heterocycles. The van der Waals surface area contributed by atoms with E-state index in [0.29, 0.717) is 0 Å². The molecule has 192 valence electrons. The molecule has 1 aliphatic rings. The second-order valence-electron chi connectivity index (χ2n) is 10.2. The Morgan fingerprint density at radius 3 is 2.42 bits per heavy atom. The van der Waals surface area contributed by atoms with Gasteiger partial charge >= 0.3 is 0 Å². The molecule has 1 aliphatic heterocycles.